The number of rotatable bonds is 12. The van der Waals surface area contributed by atoms with Crippen LogP contribution in [0.1, 0.15) is 38.4 Å². The lowest BCUT2D eigenvalue weighted by atomic mass is 10.3. The van der Waals surface area contributed by atoms with Crippen molar-refractivity contribution in [2.75, 3.05) is 25.4 Å². The third-order valence-electron chi connectivity index (χ3n) is 2.91. The first kappa shape index (κ1) is 17.1. The molecule has 0 aliphatic heterocycles. The second-order valence-electron chi connectivity index (χ2n) is 4.81. The smallest absolute Gasteiger partial charge is 0.211 e. The van der Waals surface area contributed by atoms with Crippen LogP contribution < -0.4 is 10.0 Å². The van der Waals surface area contributed by atoms with Gasteiger partial charge in [-0.25, -0.2) is 18.1 Å². The maximum Gasteiger partial charge on any atom is 0.211 e. The van der Waals surface area contributed by atoms with Gasteiger partial charge in [-0.05, 0) is 38.8 Å². The summed E-state index contributed by atoms with van der Waals surface area (Å²) in [6, 6.07) is 0. The summed E-state index contributed by atoms with van der Waals surface area (Å²) < 4.78 is 26.1. The van der Waals surface area contributed by atoms with Gasteiger partial charge in [0.2, 0.25) is 10.0 Å². The van der Waals surface area contributed by atoms with E-state index in [1.54, 1.807) is 12.4 Å². The fraction of sp³-hybridized carbons (Fsp3) is 0.769. The highest BCUT2D eigenvalue weighted by Gasteiger charge is 2.08. The van der Waals surface area contributed by atoms with E-state index in [1.165, 1.54) is 0 Å². The minimum Gasteiger partial charge on any atom is -0.349 e. The van der Waals surface area contributed by atoms with Gasteiger partial charge in [-0.2, -0.15) is 0 Å². The molecule has 0 saturated carbocycles. The summed E-state index contributed by atoms with van der Waals surface area (Å²) in [6.45, 7) is 4.47. The van der Waals surface area contributed by atoms with Crippen molar-refractivity contribution in [2.24, 2.45) is 0 Å². The SMILES string of the molecule is CCCNCCCCS(=O)(=O)NCCCc1ncc[nH]1. The number of aryl methyl sites for hydroxylation is 1. The number of sulfonamides is 1. The Morgan fingerprint density at radius 1 is 1.20 bits per heavy atom. The first-order valence-corrected chi connectivity index (χ1v) is 8.95. The van der Waals surface area contributed by atoms with Crippen LogP contribution >= 0.6 is 0 Å². The summed E-state index contributed by atoms with van der Waals surface area (Å²) in [4.78, 5) is 7.09. The zero-order valence-electron chi connectivity index (χ0n) is 12.2. The highest BCUT2D eigenvalue weighted by atomic mass is 32.2. The fourth-order valence-corrected chi connectivity index (χ4v) is 3.02. The largest absolute Gasteiger partial charge is 0.349 e. The molecule has 0 spiro atoms. The number of aromatic nitrogens is 2. The van der Waals surface area contributed by atoms with Crippen molar-refractivity contribution in [3.8, 4) is 0 Å². The molecule has 0 atom stereocenters. The summed E-state index contributed by atoms with van der Waals surface area (Å²) in [5, 5.41) is 3.26. The van der Waals surface area contributed by atoms with Gasteiger partial charge < -0.3 is 10.3 Å². The molecule has 0 amide bonds. The number of H-pyrrole nitrogens is 1. The van der Waals surface area contributed by atoms with Gasteiger partial charge in [-0.3, -0.25) is 0 Å². The van der Waals surface area contributed by atoms with Crippen LogP contribution in [-0.2, 0) is 16.4 Å². The Morgan fingerprint density at radius 2 is 2.05 bits per heavy atom. The average molecular weight is 302 g/mol. The lowest BCUT2D eigenvalue weighted by Gasteiger charge is -2.06. The molecule has 1 aromatic rings. The second-order valence-corrected chi connectivity index (χ2v) is 6.74. The number of nitrogens with one attached hydrogen (secondary N) is 3. The predicted molar refractivity (Wildman–Crippen MR) is 81.1 cm³/mol. The first-order valence-electron chi connectivity index (χ1n) is 7.30. The van der Waals surface area contributed by atoms with E-state index < -0.39 is 10.0 Å². The molecule has 0 unspecified atom stereocenters. The van der Waals surface area contributed by atoms with Crippen LogP contribution in [0.2, 0.25) is 0 Å². The van der Waals surface area contributed by atoms with Crippen molar-refractivity contribution in [3.63, 3.8) is 0 Å². The van der Waals surface area contributed by atoms with E-state index in [0.29, 0.717) is 13.0 Å². The Bertz CT molecular complexity index is 431. The van der Waals surface area contributed by atoms with Crippen LogP contribution in [0.3, 0.4) is 0 Å². The van der Waals surface area contributed by atoms with E-state index in [0.717, 1.165) is 44.6 Å². The fourth-order valence-electron chi connectivity index (χ4n) is 1.83. The number of imidazole rings is 1. The number of unbranched alkanes of at least 4 members (excludes halogenated alkanes) is 1. The Labute approximate surface area is 121 Å². The minimum atomic E-state index is -3.12. The van der Waals surface area contributed by atoms with E-state index in [-0.39, 0.29) is 5.75 Å². The normalized spacial score (nSPS) is 11.8. The van der Waals surface area contributed by atoms with Gasteiger partial charge in [0.05, 0.1) is 5.75 Å². The molecule has 0 aliphatic rings. The van der Waals surface area contributed by atoms with Crippen LogP contribution in [-0.4, -0.2) is 43.8 Å². The highest BCUT2D eigenvalue weighted by Crippen LogP contribution is 1.97. The zero-order chi connectivity index (χ0) is 14.7. The summed E-state index contributed by atoms with van der Waals surface area (Å²) >= 11 is 0. The van der Waals surface area contributed by atoms with Crippen LogP contribution in [0.25, 0.3) is 0 Å². The molecule has 0 aromatic carbocycles. The molecule has 0 radical (unpaired) electrons. The number of hydrogen-bond acceptors (Lipinski definition) is 4. The molecule has 6 nitrogen and oxygen atoms in total. The molecular formula is C13H26N4O2S. The molecule has 0 saturated heterocycles. The molecule has 7 heteroatoms. The van der Waals surface area contributed by atoms with Crippen molar-refractivity contribution >= 4 is 10.0 Å². The van der Waals surface area contributed by atoms with Gasteiger partial charge in [0.1, 0.15) is 5.82 Å². The lowest BCUT2D eigenvalue weighted by Crippen LogP contribution is -2.28. The monoisotopic (exact) mass is 302 g/mol. The molecular weight excluding hydrogens is 276 g/mol. The van der Waals surface area contributed by atoms with Gasteiger partial charge in [0.15, 0.2) is 0 Å². The van der Waals surface area contributed by atoms with Crippen LogP contribution in [0.4, 0.5) is 0 Å². The average Bonchev–Trinajstić information content (AvgIpc) is 2.92. The van der Waals surface area contributed by atoms with Gasteiger partial charge in [0.25, 0.3) is 0 Å². The molecule has 0 bridgehead atoms. The predicted octanol–water partition coefficient (Wildman–Crippen LogP) is 1.04. The zero-order valence-corrected chi connectivity index (χ0v) is 13.0. The van der Waals surface area contributed by atoms with Crippen LogP contribution in [0.15, 0.2) is 12.4 Å². The van der Waals surface area contributed by atoms with Crippen molar-refractivity contribution in [3.05, 3.63) is 18.2 Å². The molecule has 0 fully saturated rings. The van der Waals surface area contributed by atoms with E-state index in [4.69, 9.17) is 0 Å². The van der Waals surface area contributed by atoms with Crippen LogP contribution in [0, 0.1) is 0 Å². The third kappa shape index (κ3) is 8.29. The Morgan fingerprint density at radius 3 is 2.75 bits per heavy atom. The lowest BCUT2D eigenvalue weighted by molar-refractivity contribution is 0.570. The highest BCUT2D eigenvalue weighted by molar-refractivity contribution is 7.89. The molecule has 1 rings (SSSR count). The molecule has 0 aliphatic carbocycles. The van der Waals surface area contributed by atoms with Gasteiger partial charge in [-0.15, -0.1) is 0 Å². The maximum absolute atomic E-state index is 11.7. The molecule has 20 heavy (non-hydrogen) atoms. The summed E-state index contributed by atoms with van der Waals surface area (Å²) in [5.41, 5.74) is 0. The molecule has 1 aromatic heterocycles. The Hall–Kier alpha value is -0.920. The van der Waals surface area contributed by atoms with Gasteiger partial charge in [-0.1, -0.05) is 6.92 Å². The van der Waals surface area contributed by atoms with Crippen molar-refractivity contribution in [2.45, 2.75) is 39.0 Å². The van der Waals surface area contributed by atoms with Crippen molar-refractivity contribution in [1.29, 1.82) is 0 Å². The Balaban J connectivity index is 2.03. The van der Waals surface area contributed by atoms with E-state index in [2.05, 4.69) is 26.9 Å². The third-order valence-corrected chi connectivity index (χ3v) is 4.38. The van der Waals surface area contributed by atoms with E-state index in [9.17, 15) is 8.42 Å². The standard InChI is InChI=1S/C13H26N4O2S/c1-2-7-14-8-3-4-12-20(18,19)17-9-5-6-13-15-10-11-16-13/h10-11,14,17H,2-9,12H2,1H3,(H,15,16). The van der Waals surface area contributed by atoms with Crippen molar-refractivity contribution in [1.82, 2.24) is 20.0 Å². The maximum atomic E-state index is 11.7. The number of nitrogens with zero attached hydrogens (tertiary/aromatic N) is 1. The Kier molecular flexibility index (Phi) is 8.48. The number of aromatic amines is 1. The van der Waals surface area contributed by atoms with E-state index >= 15 is 0 Å². The molecule has 1 heterocycles. The summed E-state index contributed by atoms with van der Waals surface area (Å²) in [5.74, 6) is 1.10. The van der Waals surface area contributed by atoms with Crippen molar-refractivity contribution < 1.29 is 8.42 Å². The summed E-state index contributed by atoms with van der Waals surface area (Å²) in [7, 11) is -3.12. The molecule has 3 N–H and O–H groups in total. The quantitative estimate of drug-likeness (QED) is 0.504. The minimum absolute atomic E-state index is 0.210. The first-order chi connectivity index (χ1) is 9.64. The number of hydrogen-bond donors (Lipinski definition) is 3. The summed E-state index contributed by atoms with van der Waals surface area (Å²) in [6.07, 6.45) is 7.69. The van der Waals surface area contributed by atoms with Gasteiger partial charge >= 0.3 is 0 Å². The van der Waals surface area contributed by atoms with Gasteiger partial charge in [0, 0.05) is 25.4 Å². The second kappa shape index (κ2) is 9.90. The van der Waals surface area contributed by atoms with Crippen LogP contribution in [0.5, 0.6) is 0 Å². The van der Waals surface area contributed by atoms with E-state index in [1.807, 2.05) is 0 Å². The topological polar surface area (TPSA) is 86.9 Å². The molecule has 116 valence electrons.